The van der Waals surface area contributed by atoms with E-state index in [1.165, 1.54) is 6.07 Å². The third kappa shape index (κ3) is 2.08. The average molecular weight is 307 g/mol. The Labute approximate surface area is 126 Å². The summed E-state index contributed by atoms with van der Waals surface area (Å²) in [6.45, 7) is 3.51. The number of hydrogen-bond acceptors (Lipinski definition) is 2. The lowest BCUT2D eigenvalue weighted by atomic mass is 9.69. The molecule has 0 aliphatic carbocycles. The molecule has 1 heterocycles. The van der Waals surface area contributed by atoms with Gasteiger partial charge in [0.05, 0.1) is 11.7 Å². The predicted octanol–water partition coefficient (Wildman–Crippen LogP) is 4.45. The minimum Gasteiger partial charge on any atom is -0.392 e. The maximum absolute atomic E-state index is 12.9. The Hall–Kier alpha value is -2.01. The molecule has 0 radical (unpaired) electrons. The van der Waals surface area contributed by atoms with Crippen molar-refractivity contribution in [2.75, 3.05) is 5.32 Å². The van der Waals surface area contributed by atoms with Crippen LogP contribution in [0.25, 0.3) is 0 Å². The number of rotatable bonds is 1. The molecule has 0 saturated carbocycles. The van der Waals surface area contributed by atoms with Crippen LogP contribution in [0.1, 0.15) is 30.5 Å². The van der Waals surface area contributed by atoms with Crippen molar-refractivity contribution in [3.8, 4) is 0 Å². The van der Waals surface area contributed by atoms with Crippen LogP contribution in [0, 0.1) is 0 Å². The maximum Gasteiger partial charge on any atom is 0.416 e. The van der Waals surface area contributed by atoms with E-state index < -0.39 is 23.3 Å². The minimum absolute atomic E-state index is 0.386. The van der Waals surface area contributed by atoms with Crippen LogP contribution in [0.5, 0.6) is 0 Å². The second kappa shape index (κ2) is 4.74. The monoisotopic (exact) mass is 307 g/mol. The van der Waals surface area contributed by atoms with Gasteiger partial charge in [-0.05, 0) is 43.2 Å². The number of aliphatic hydroxyl groups excluding tert-OH is 1. The minimum atomic E-state index is -4.39. The van der Waals surface area contributed by atoms with Gasteiger partial charge < -0.3 is 10.4 Å². The lowest BCUT2D eigenvalue weighted by Gasteiger charge is -2.40. The first kappa shape index (κ1) is 14.9. The fraction of sp³-hybridized carbons (Fsp3) is 0.294. The Kier molecular flexibility index (Phi) is 3.22. The fourth-order valence-electron chi connectivity index (χ4n) is 3.06. The summed E-state index contributed by atoms with van der Waals surface area (Å²) < 4.78 is 38.8. The van der Waals surface area contributed by atoms with Gasteiger partial charge in [-0.2, -0.15) is 13.2 Å². The molecule has 0 amide bonds. The van der Waals surface area contributed by atoms with Crippen molar-refractivity contribution in [3.63, 3.8) is 0 Å². The number of hydrogen-bond donors (Lipinski definition) is 2. The predicted molar refractivity (Wildman–Crippen MR) is 79.3 cm³/mol. The van der Waals surface area contributed by atoms with Gasteiger partial charge in [-0.3, -0.25) is 0 Å². The molecule has 116 valence electrons. The summed E-state index contributed by atoms with van der Waals surface area (Å²) in [4.78, 5) is 0. The van der Waals surface area contributed by atoms with E-state index in [-0.39, 0.29) is 0 Å². The smallest absolute Gasteiger partial charge is 0.392 e. The molecule has 5 heteroatoms. The second-order valence-corrected chi connectivity index (χ2v) is 5.81. The van der Waals surface area contributed by atoms with Gasteiger partial charge in [0.15, 0.2) is 0 Å². The SMILES string of the molecule is CC(O)C1(C)c2ccccc2Nc2cc(C(F)(F)F)ccc21. The number of nitrogens with one attached hydrogen (secondary N) is 1. The number of para-hydroxylation sites is 1. The normalized spacial score (nSPS) is 21.5. The van der Waals surface area contributed by atoms with Gasteiger partial charge in [0.1, 0.15) is 0 Å². The molecule has 0 bridgehead atoms. The molecular weight excluding hydrogens is 291 g/mol. The van der Waals surface area contributed by atoms with Crippen molar-refractivity contribution in [2.24, 2.45) is 0 Å². The van der Waals surface area contributed by atoms with E-state index in [0.717, 1.165) is 23.4 Å². The quantitative estimate of drug-likeness (QED) is 0.816. The Balaban J connectivity index is 2.24. The number of alkyl halides is 3. The van der Waals surface area contributed by atoms with Crippen molar-refractivity contribution >= 4 is 11.4 Å². The van der Waals surface area contributed by atoms with Crippen LogP contribution >= 0.6 is 0 Å². The molecule has 2 unspecified atom stereocenters. The highest BCUT2D eigenvalue weighted by Gasteiger charge is 2.41. The Morgan fingerprint density at radius 3 is 2.32 bits per heavy atom. The van der Waals surface area contributed by atoms with E-state index >= 15 is 0 Å². The summed E-state index contributed by atoms with van der Waals surface area (Å²) in [6, 6.07) is 11.0. The van der Waals surface area contributed by atoms with Gasteiger partial charge in [-0.15, -0.1) is 0 Å². The Bertz CT molecular complexity index is 724. The van der Waals surface area contributed by atoms with Gasteiger partial charge in [0.25, 0.3) is 0 Å². The van der Waals surface area contributed by atoms with Crippen LogP contribution in [0.3, 0.4) is 0 Å². The first-order valence-electron chi connectivity index (χ1n) is 7.01. The number of aliphatic hydroxyl groups is 1. The van der Waals surface area contributed by atoms with Crippen LogP contribution < -0.4 is 5.32 Å². The molecule has 1 aliphatic heterocycles. The summed E-state index contributed by atoms with van der Waals surface area (Å²) in [6.07, 6.45) is -5.14. The number of benzene rings is 2. The molecular formula is C17H16F3NO. The van der Waals surface area contributed by atoms with Crippen molar-refractivity contribution in [3.05, 3.63) is 59.2 Å². The molecule has 0 fully saturated rings. The molecule has 3 rings (SSSR count). The van der Waals surface area contributed by atoms with Gasteiger partial charge in [0, 0.05) is 16.8 Å². The summed E-state index contributed by atoms with van der Waals surface area (Å²) in [5.41, 5.74) is 1.17. The lowest BCUT2D eigenvalue weighted by molar-refractivity contribution is -0.137. The van der Waals surface area contributed by atoms with Crippen LogP contribution in [0.2, 0.25) is 0 Å². The summed E-state index contributed by atoms with van der Waals surface area (Å²) in [7, 11) is 0. The molecule has 2 aromatic rings. The van der Waals surface area contributed by atoms with Crippen molar-refractivity contribution in [1.82, 2.24) is 0 Å². The topological polar surface area (TPSA) is 32.3 Å². The standard InChI is InChI=1S/C17H16F3NO/c1-10(22)16(2)12-5-3-4-6-14(12)21-15-9-11(17(18,19)20)7-8-13(15)16/h3-10,21-22H,1-2H3. The highest BCUT2D eigenvalue weighted by Crippen LogP contribution is 2.48. The highest BCUT2D eigenvalue weighted by molar-refractivity contribution is 5.76. The third-order valence-electron chi connectivity index (χ3n) is 4.50. The fourth-order valence-corrected chi connectivity index (χ4v) is 3.06. The van der Waals surface area contributed by atoms with Gasteiger partial charge in [0.2, 0.25) is 0 Å². The van der Waals surface area contributed by atoms with Crippen molar-refractivity contribution in [2.45, 2.75) is 31.5 Å². The van der Waals surface area contributed by atoms with Crippen LogP contribution in [-0.2, 0) is 11.6 Å². The van der Waals surface area contributed by atoms with E-state index in [0.29, 0.717) is 11.3 Å². The first-order valence-corrected chi connectivity index (χ1v) is 7.01. The number of halogens is 3. The zero-order valence-electron chi connectivity index (χ0n) is 12.2. The van der Waals surface area contributed by atoms with E-state index in [2.05, 4.69) is 5.32 Å². The zero-order chi connectivity index (χ0) is 16.1. The summed E-state index contributed by atoms with van der Waals surface area (Å²) in [5.74, 6) is 0. The molecule has 1 aliphatic rings. The zero-order valence-corrected chi connectivity index (χ0v) is 12.2. The average Bonchev–Trinajstić information content (AvgIpc) is 2.46. The molecule has 0 spiro atoms. The number of anilines is 2. The molecule has 0 aromatic heterocycles. The highest BCUT2D eigenvalue weighted by atomic mass is 19.4. The van der Waals surface area contributed by atoms with Crippen LogP contribution in [0.4, 0.5) is 24.5 Å². The summed E-state index contributed by atoms with van der Waals surface area (Å²) >= 11 is 0. The van der Waals surface area contributed by atoms with Gasteiger partial charge >= 0.3 is 6.18 Å². The largest absolute Gasteiger partial charge is 0.416 e. The first-order chi connectivity index (χ1) is 10.2. The molecule has 2 aromatic carbocycles. The number of fused-ring (bicyclic) bond motifs is 2. The van der Waals surface area contributed by atoms with Crippen molar-refractivity contribution in [1.29, 1.82) is 0 Å². The van der Waals surface area contributed by atoms with Gasteiger partial charge in [-0.25, -0.2) is 0 Å². The van der Waals surface area contributed by atoms with Crippen LogP contribution in [-0.4, -0.2) is 11.2 Å². The molecule has 0 saturated heterocycles. The van der Waals surface area contributed by atoms with Crippen molar-refractivity contribution < 1.29 is 18.3 Å². The third-order valence-corrected chi connectivity index (χ3v) is 4.50. The molecule has 2 atom stereocenters. The maximum atomic E-state index is 12.9. The van der Waals surface area contributed by atoms with E-state index in [1.807, 2.05) is 25.1 Å². The molecule has 2 nitrogen and oxygen atoms in total. The van der Waals surface area contributed by atoms with E-state index in [1.54, 1.807) is 13.0 Å². The lowest BCUT2D eigenvalue weighted by Crippen LogP contribution is -2.39. The Morgan fingerprint density at radius 2 is 1.68 bits per heavy atom. The summed E-state index contributed by atoms with van der Waals surface area (Å²) in [5, 5.41) is 13.4. The van der Waals surface area contributed by atoms with Gasteiger partial charge in [-0.1, -0.05) is 24.3 Å². The Morgan fingerprint density at radius 1 is 1.05 bits per heavy atom. The molecule has 2 N–H and O–H groups in total. The molecule has 22 heavy (non-hydrogen) atoms. The van der Waals surface area contributed by atoms with E-state index in [9.17, 15) is 18.3 Å². The second-order valence-electron chi connectivity index (χ2n) is 5.81. The van der Waals surface area contributed by atoms with E-state index in [4.69, 9.17) is 0 Å². The van der Waals surface area contributed by atoms with Crippen LogP contribution in [0.15, 0.2) is 42.5 Å².